The quantitative estimate of drug-likeness (QED) is 0.522. The lowest BCUT2D eigenvalue weighted by Crippen LogP contribution is -1.98. The maximum Gasteiger partial charge on any atom is 0.132 e. The second kappa shape index (κ2) is 11.0. The third kappa shape index (κ3) is 6.43. The van der Waals surface area contributed by atoms with Gasteiger partial charge in [-0.1, -0.05) is 45.4 Å². The number of hydrogen-bond acceptors (Lipinski definition) is 3. The number of carbonyl (C=O) groups excluding carboxylic acids is 1. The molecular formula is C25H29N3O. The van der Waals surface area contributed by atoms with Crippen LogP contribution in [-0.2, 0) is 11.2 Å². The van der Waals surface area contributed by atoms with Gasteiger partial charge in [-0.2, -0.15) is 5.26 Å². The smallest absolute Gasteiger partial charge is 0.132 e. The van der Waals surface area contributed by atoms with Crippen LogP contribution in [-0.4, -0.2) is 15.3 Å². The zero-order chi connectivity index (χ0) is 21.2. The first-order valence-corrected chi connectivity index (χ1v) is 10.1. The molecule has 150 valence electrons. The average Bonchev–Trinajstić information content (AvgIpc) is 3.27. The Morgan fingerprint density at radius 3 is 2.38 bits per heavy atom. The molecule has 0 bridgehead atoms. The maximum absolute atomic E-state index is 10.1. The van der Waals surface area contributed by atoms with Crippen molar-refractivity contribution in [3.8, 4) is 22.9 Å². The van der Waals surface area contributed by atoms with Crippen LogP contribution < -0.4 is 0 Å². The van der Waals surface area contributed by atoms with E-state index in [2.05, 4.69) is 48.3 Å². The number of carbonyl (C=O) groups is 1. The number of benzene rings is 2. The Balaban J connectivity index is 0.000000438. The Morgan fingerprint density at radius 1 is 1.17 bits per heavy atom. The van der Waals surface area contributed by atoms with Crippen LogP contribution in [0.3, 0.4) is 0 Å². The monoisotopic (exact) mass is 387 g/mol. The van der Waals surface area contributed by atoms with Gasteiger partial charge in [-0.25, -0.2) is 4.98 Å². The molecule has 0 atom stereocenters. The summed E-state index contributed by atoms with van der Waals surface area (Å²) in [5, 5.41) is 9.13. The predicted octanol–water partition coefficient (Wildman–Crippen LogP) is 5.98. The minimum Gasteiger partial charge on any atom is -0.306 e. The Bertz CT molecular complexity index is 949. The van der Waals surface area contributed by atoms with E-state index in [0.717, 1.165) is 30.5 Å². The minimum atomic E-state index is 0.213. The molecular weight excluding hydrogens is 358 g/mol. The minimum absolute atomic E-state index is 0.213. The number of unbranched alkanes of at least 4 members (excludes halogenated alkanes) is 1. The fourth-order valence-electron chi connectivity index (χ4n) is 2.74. The molecule has 0 radical (unpaired) electrons. The SMILES string of the molecule is CC(=O)C(C)C.CCCCc1cc(C#N)ccc1-c1ccc(-n2ccnc2)cc1. The number of nitrogens with zero attached hydrogens (tertiary/aromatic N) is 3. The molecule has 0 spiro atoms. The molecule has 0 aliphatic heterocycles. The topological polar surface area (TPSA) is 58.7 Å². The van der Waals surface area contributed by atoms with Crippen molar-refractivity contribution in [2.24, 2.45) is 5.92 Å². The second-order valence-corrected chi connectivity index (χ2v) is 7.37. The lowest BCUT2D eigenvalue weighted by atomic mass is 9.94. The number of aryl methyl sites for hydroxylation is 1. The first-order valence-electron chi connectivity index (χ1n) is 10.1. The van der Waals surface area contributed by atoms with Crippen molar-refractivity contribution in [1.29, 1.82) is 5.26 Å². The molecule has 3 rings (SSSR count). The van der Waals surface area contributed by atoms with Gasteiger partial charge in [0.05, 0.1) is 18.0 Å². The Morgan fingerprint density at radius 2 is 1.86 bits per heavy atom. The Labute approximate surface area is 173 Å². The lowest BCUT2D eigenvalue weighted by Gasteiger charge is -2.11. The molecule has 4 nitrogen and oxygen atoms in total. The molecule has 0 aliphatic carbocycles. The van der Waals surface area contributed by atoms with E-state index in [0.29, 0.717) is 0 Å². The van der Waals surface area contributed by atoms with Crippen LogP contribution >= 0.6 is 0 Å². The molecule has 1 heterocycles. The van der Waals surface area contributed by atoms with E-state index in [1.165, 1.54) is 16.7 Å². The maximum atomic E-state index is 10.1. The molecule has 4 heteroatoms. The van der Waals surface area contributed by atoms with Crippen LogP contribution in [0.5, 0.6) is 0 Å². The third-order valence-electron chi connectivity index (χ3n) is 4.83. The number of aromatic nitrogens is 2. The largest absolute Gasteiger partial charge is 0.306 e. The van der Waals surface area contributed by atoms with Crippen molar-refractivity contribution in [2.75, 3.05) is 0 Å². The van der Waals surface area contributed by atoms with E-state index in [1.54, 1.807) is 19.4 Å². The highest BCUT2D eigenvalue weighted by atomic mass is 16.1. The van der Waals surface area contributed by atoms with Gasteiger partial charge in [0.25, 0.3) is 0 Å². The van der Waals surface area contributed by atoms with Crippen LogP contribution in [0.2, 0.25) is 0 Å². The van der Waals surface area contributed by atoms with Gasteiger partial charge in [-0.3, -0.25) is 4.79 Å². The highest BCUT2D eigenvalue weighted by Gasteiger charge is 2.07. The zero-order valence-electron chi connectivity index (χ0n) is 17.7. The van der Waals surface area contributed by atoms with E-state index in [9.17, 15) is 4.79 Å². The van der Waals surface area contributed by atoms with Gasteiger partial charge in [0.15, 0.2) is 0 Å². The van der Waals surface area contributed by atoms with Gasteiger partial charge >= 0.3 is 0 Å². The van der Waals surface area contributed by atoms with E-state index in [4.69, 9.17) is 5.26 Å². The summed E-state index contributed by atoms with van der Waals surface area (Å²) in [6, 6.07) is 16.7. The molecule has 3 aromatic rings. The van der Waals surface area contributed by atoms with Crippen LogP contribution in [0.15, 0.2) is 61.2 Å². The number of nitriles is 1. The van der Waals surface area contributed by atoms with Crippen molar-refractivity contribution >= 4 is 5.78 Å². The van der Waals surface area contributed by atoms with Gasteiger partial charge in [0.1, 0.15) is 5.78 Å². The molecule has 0 aliphatic rings. The molecule has 0 fully saturated rings. The number of imidazole rings is 1. The first-order chi connectivity index (χ1) is 14.0. The van der Waals surface area contributed by atoms with Crippen molar-refractivity contribution < 1.29 is 4.79 Å². The van der Waals surface area contributed by atoms with Gasteiger partial charge < -0.3 is 4.57 Å². The number of hydrogen-bond donors (Lipinski definition) is 0. The van der Waals surface area contributed by atoms with Crippen molar-refractivity contribution in [3.05, 3.63) is 72.3 Å². The molecule has 0 saturated carbocycles. The zero-order valence-corrected chi connectivity index (χ0v) is 17.7. The van der Waals surface area contributed by atoms with Crippen LogP contribution in [0.25, 0.3) is 16.8 Å². The van der Waals surface area contributed by atoms with E-state index < -0.39 is 0 Å². The van der Waals surface area contributed by atoms with E-state index in [-0.39, 0.29) is 11.7 Å². The third-order valence-corrected chi connectivity index (χ3v) is 4.83. The molecule has 29 heavy (non-hydrogen) atoms. The van der Waals surface area contributed by atoms with Gasteiger partial charge in [-0.15, -0.1) is 0 Å². The van der Waals surface area contributed by atoms with Crippen molar-refractivity contribution in [1.82, 2.24) is 9.55 Å². The number of rotatable bonds is 6. The highest BCUT2D eigenvalue weighted by Crippen LogP contribution is 2.27. The summed E-state index contributed by atoms with van der Waals surface area (Å²) >= 11 is 0. The highest BCUT2D eigenvalue weighted by molar-refractivity contribution is 5.77. The fourth-order valence-corrected chi connectivity index (χ4v) is 2.74. The normalized spacial score (nSPS) is 10.2. The molecule has 1 aromatic heterocycles. The van der Waals surface area contributed by atoms with Crippen LogP contribution in [0, 0.1) is 17.2 Å². The summed E-state index contributed by atoms with van der Waals surface area (Å²) in [4.78, 5) is 14.2. The standard InChI is InChI=1S/C20H19N3.C5H10O/c1-2-3-4-18-13-16(14-21)5-10-20(18)17-6-8-19(9-7-17)23-12-11-22-15-23;1-4(2)5(3)6/h5-13,15H,2-4H2,1H3;4H,1-3H3. The molecule has 0 saturated heterocycles. The summed E-state index contributed by atoms with van der Waals surface area (Å²) in [7, 11) is 0. The van der Waals surface area contributed by atoms with E-state index in [1.807, 2.05) is 36.7 Å². The summed E-state index contributed by atoms with van der Waals surface area (Å²) in [6.45, 7) is 7.57. The van der Waals surface area contributed by atoms with Crippen LogP contribution in [0.1, 0.15) is 51.7 Å². The Hall–Kier alpha value is -3.19. The molecule has 0 unspecified atom stereocenters. The van der Waals surface area contributed by atoms with Gasteiger partial charge in [0.2, 0.25) is 0 Å². The van der Waals surface area contributed by atoms with Crippen LogP contribution in [0.4, 0.5) is 0 Å². The lowest BCUT2D eigenvalue weighted by molar-refractivity contribution is -0.119. The second-order valence-electron chi connectivity index (χ2n) is 7.37. The molecule has 0 amide bonds. The summed E-state index contributed by atoms with van der Waals surface area (Å²) in [5.74, 6) is 0.472. The number of Topliss-reactive ketones (excluding diaryl/α,β-unsaturated/α-hetero) is 1. The van der Waals surface area contributed by atoms with Gasteiger partial charge in [0, 0.05) is 24.0 Å². The number of ketones is 1. The average molecular weight is 388 g/mol. The summed E-state index contributed by atoms with van der Waals surface area (Å²) in [6.07, 6.45) is 8.79. The molecule has 2 aromatic carbocycles. The van der Waals surface area contributed by atoms with Gasteiger partial charge in [-0.05, 0) is 60.7 Å². The van der Waals surface area contributed by atoms with Crippen molar-refractivity contribution in [2.45, 2.75) is 47.0 Å². The molecule has 0 N–H and O–H groups in total. The first kappa shape index (κ1) is 22.1. The Kier molecular flexibility index (Phi) is 8.36. The predicted molar refractivity (Wildman–Crippen MR) is 118 cm³/mol. The fraction of sp³-hybridized carbons (Fsp3) is 0.320. The van der Waals surface area contributed by atoms with Crippen molar-refractivity contribution in [3.63, 3.8) is 0 Å². The summed E-state index contributed by atoms with van der Waals surface area (Å²) < 4.78 is 1.99. The van der Waals surface area contributed by atoms with E-state index >= 15 is 0 Å². The summed E-state index contributed by atoms with van der Waals surface area (Å²) in [5.41, 5.74) is 5.48.